The van der Waals surface area contributed by atoms with Crippen molar-refractivity contribution >= 4 is 5.97 Å². The number of ether oxygens (including phenoxy) is 1. The highest BCUT2D eigenvalue weighted by Gasteiger charge is 2.31. The van der Waals surface area contributed by atoms with Gasteiger partial charge in [-0.2, -0.15) is 0 Å². The van der Waals surface area contributed by atoms with Gasteiger partial charge in [-0.3, -0.25) is 0 Å². The summed E-state index contributed by atoms with van der Waals surface area (Å²) >= 11 is 0. The highest BCUT2D eigenvalue weighted by atomic mass is 16.5. The number of aliphatic hydroxyl groups excluding tert-OH is 1. The summed E-state index contributed by atoms with van der Waals surface area (Å²) in [4.78, 5) is 11.9. The molecule has 0 aliphatic carbocycles. The number of esters is 1. The van der Waals surface area contributed by atoms with Crippen LogP contribution < -0.4 is 0 Å². The highest BCUT2D eigenvalue weighted by molar-refractivity contribution is 5.74. The maximum Gasteiger partial charge on any atom is 0.329 e. The van der Waals surface area contributed by atoms with Gasteiger partial charge in [0.2, 0.25) is 0 Å². The van der Waals surface area contributed by atoms with Crippen LogP contribution >= 0.6 is 0 Å². The molecule has 1 aliphatic rings. The van der Waals surface area contributed by atoms with Crippen molar-refractivity contribution in [2.75, 3.05) is 6.61 Å². The molecule has 0 amide bonds. The topological polar surface area (TPSA) is 51.5 Å². The third kappa shape index (κ3) is 2.36. The van der Waals surface area contributed by atoms with Crippen molar-refractivity contribution in [3.8, 4) is 0 Å². The first kappa shape index (κ1) is 12.2. The van der Waals surface area contributed by atoms with Crippen LogP contribution in [0, 0.1) is 5.92 Å². The molecule has 0 aromatic carbocycles. The minimum atomic E-state index is -0.487. The second-order valence-electron chi connectivity index (χ2n) is 4.70. The maximum absolute atomic E-state index is 11.9. The summed E-state index contributed by atoms with van der Waals surface area (Å²) in [5.41, 5.74) is 0.812. The molecular formula is C13H19NO3. The fourth-order valence-corrected chi connectivity index (χ4v) is 2.51. The van der Waals surface area contributed by atoms with E-state index in [2.05, 4.69) is 6.92 Å². The Kier molecular flexibility index (Phi) is 3.52. The summed E-state index contributed by atoms with van der Waals surface area (Å²) in [6.45, 7) is 4.26. The predicted octanol–water partition coefficient (Wildman–Crippen LogP) is 2.06. The Morgan fingerprint density at radius 1 is 1.59 bits per heavy atom. The lowest BCUT2D eigenvalue weighted by atomic mass is 9.97. The first-order valence-electron chi connectivity index (χ1n) is 6.15. The molecule has 2 heterocycles. The summed E-state index contributed by atoms with van der Waals surface area (Å²) in [6.07, 6.45) is 2.77. The molecule has 1 aliphatic heterocycles. The molecule has 1 N–H and O–H groups in total. The second-order valence-corrected chi connectivity index (χ2v) is 4.70. The zero-order valence-corrected chi connectivity index (χ0v) is 10.3. The van der Waals surface area contributed by atoms with E-state index < -0.39 is 6.10 Å². The number of aromatic nitrogens is 1. The third-order valence-corrected chi connectivity index (χ3v) is 3.30. The second kappa shape index (κ2) is 4.92. The summed E-state index contributed by atoms with van der Waals surface area (Å²) in [5.74, 6) is 0.102. The van der Waals surface area contributed by atoms with E-state index in [0.29, 0.717) is 18.9 Å². The Balaban J connectivity index is 2.31. The van der Waals surface area contributed by atoms with Gasteiger partial charge in [0.15, 0.2) is 0 Å². The Labute approximate surface area is 101 Å². The molecule has 0 fully saturated rings. The van der Waals surface area contributed by atoms with Crippen LogP contribution in [0.25, 0.3) is 0 Å². The van der Waals surface area contributed by atoms with E-state index in [-0.39, 0.29) is 12.0 Å². The molecule has 3 atom stereocenters. The van der Waals surface area contributed by atoms with Gasteiger partial charge in [0.25, 0.3) is 0 Å². The standard InChI is InChI=1S/C13H19NO3/c1-3-17-13(16)11-7-9(2)8-12(15)10-5-4-6-14(10)11/h4-6,9,11-12,15H,3,7-8H2,1-2H3. The minimum absolute atomic E-state index is 0.203. The number of fused-ring (bicyclic) bond motifs is 1. The van der Waals surface area contributed by atoms with Gasteiger partial charge >= 0.3 is 5.97 Å². The van der Waals surface area contributed by atoms with Crippen LogP contribution in [-0.2, 0) is 9.53 Å². The van der Waals surface area contributed by atoms with Gasteiger partial charge < -0.3 is 14.4 Å². The van der Waals surface area contributed by atoms with Crippen molar-refractivity contribution in [1.29, 1.82) is 0 Å². The number of nitrogens with zero attached hydrogens (tertiary/aromatic N) is 1. The maximum atomic E-state index is 11.9. The molecule has 0 saturated carbocycles. The lowest BCUT2D eigenvalue weighted by Gasteiger charge is -2.18. The van der Waals surface area contributed by atoms with Gasteiger partial charge in [-0.05, 0) is 37.8 Å². The Morgan fingerprint density at radius 2 is 2.35 bits per heavy atom. The Bertz CT molecular complexity index is 399. The van der Waals surface area contributed by atoms with Crippen LogP contribution in [0.2, 0.25) is 0 Å². The Morgan fingerprint density at radius 3 is 3.06 bits per heavy atom. The summed E-state index contributed by atoms with van der Waals surface area (Å²) in [6, 6.07) is 3.43. The number of rotatable bonds is 2. The number of carbonyl (C=O) groups excluding carboxylic acids is 1. The largest absolute Gasteiger partial charge is 0.464 e. The molecular weight excluding hydrogens is 218 g/mol. The van der Waals surface area contributed by atoms with E-state index in [9.17, 15) is 9.90 Å². The number of hydrogen-bond acceptors (Lipinski definition) is 3. The molecule has 94 valence electrons. The number of aliphatic hydroxyl groups is 1. The molecule has 0 spiro atoms. The first-order valence-corrected chi connectivity index (χ1v) is 6.15. The lowest BCUT2D eigenvalue weighted by molar-refractivity contribution is -0.147. The van der Waals surface area contributed by atoms with Crippen LogP contribution in [-0.4, -0.2) is 22.2 Å². The van der Waals surface area contributed by atoms with Gasteiger partial charge in [0, 0.05) is 11.9 Å². The van der Waals surface area contributed by atoms with E-state index >= 15 is 0 Å². The smallest absolute Gasteiger partial charge is 0.329 e. The first-order chi connectivity index (χ1) is 8.13. The van der Waals surface area contributed by atoms with Crippen LogP contribution in [0.3, 0.4) is 0 Å². The third-order valence-electron chi connectivity index (χ3n) is 3.30. The molecule has 1 aromatic rings. The molecule has 4 nitrogen and oxygen atoms in total. The minimum Gasteiger partial charge on any atom is -0.464 e. The zero-order chi connectivity index (χ0) is 12.4. The number of hydrogen-bond donors (Lipinski definition) is 1. The number of carbonyl (C=O) groups is 1. The molecule has 0 radical (unpaired) electrons. The summed E-state index contributed by atoms with van der Waals surface area (Å²) in [5, 5.41) is 10.1. The van der Waals surface area contributed by atoms with E-state index in [4.69, 9.17) is 4.74 Å². The van der Waals surface area contributed by atoms with Crippen molar-refractivity contribution < 1.29 is 14.6 Å². The zero-order valence-electron chi connectivity index (χ0n) is 10.3. The summed E-state index contributed by atoms with van der Waals surface area (Å²) < 4.78 is 6.96. The average Bonchev–Trinajstić information content (AvgIpc) is 2.70. The lowest BCUT2D eigenvalue weighted by Crippen LogP contribution is -2.23. The van der Waals surface area contributed by atoms with Gasteiger partial charge in [-0.1, -0.05) is 6.92 Å². The molecule has 4 heteroatoms. The van der Waals surface area contributed by atoms with Crippen LogP contribution in [0.4, 0.5) is 0 Å². The van der Waals surface area contributed by atoms with Crippen molar-refractivity contribution in [2.24, 2.45) is 5.92 Å². The van der Waals surface area contributed by atoms with Crippen molar-refractivity contribution in [3.63, 3.8) is 0 Å². The van der Waals surface area contributed by atoms with Crippen LogP contribution in [0.15, 0.2) is 18.3 Å². The molecule has 0 bridgehead atoms. The normalized spacial score (nSPS) is 28.3. The van der Waals surface area contributed by atoms with E-state index in [1.165, 1.54) is 0 Å². The quantitative estimate of drug-likeness (QED) is 0.801. The Hall–Kier alpha value is -1.29. The van der Waals surface area contributed by atoms with Crippen molar-refractivity contribution in [2.45, 2.75) is 38.8 Å². The molecule has 3 unspecified atom stereocenters. The van der Waals surface area contributed by atoms with Crippen molar-refractivity contribution in [3.05, 3.63) is 24.0 Å². The monoisotopic (exact) mass is 237 g/mol. The van der Waals surface area contributed by atoms with Crippen molar-refractivity contribution in [1.82, 2.24) is 4.57 Å². The highest BCUT2D eigenvalue weighted by Crippen LogP contribution is 2.34. The van der Waals surface area contributed by atoms with Gasteiger partial charge in [-0.25, -0.2) is 4.79 Å². The van der Waals surface area contributed by atoms with E-state index in [1.807, 2.05) is 29.8 Å². The molecule has 2 rings (SSSR count). The fraction of sp³-hybridized carbons (Fsp3) is 0.615. The fourth-order valence-electron chi connectivity index (χ4n) is 2.51. The molecule has 1 aromatic heterocycles. The SMILES string of the molecule is CCOC(=O)C1CC(C)CC(O)c2cccn21. The predicted molar refractivity (Wildman–Crippen MR) is 63.5 cm³/mol. The van der Waals surface area contributed by atoms with Gasteiger partial charge in [0.05, 0.1) is 12.7 Å². The van der Waals surface area contributed by atoms with Gasteiger partial charge in [0.1, 0.15) is 6.04 Å². The summed E-state index contributed by atoms with van der Waals surface area (Å²) in [7, 11) is 0. The van der Waals surface area contributed by atoms with Crippen LogP contribution in [0.1, 0.15) is 44.5 Å². The average molecular weight is 237 g/mol. The molecule has 17 heavy (non-hydrogen) atoms. The van der Waals surface area contributed by atoms with Gasteiger partial charge in [-0.15, -0.1) is 0 Å². The van der Waals surface area contributed by atoms with E-state index in [0.717, 1.165) is 12.1 Å². The van der Waals surface area contributed by atoms with E-state index in [1.54, 1.807) is 0 Å². The molecule has 0 saturated heterocycles. The van der Waals surface area contributed by atoms with Crippen LogP contribution in [0.5, 0.6) is 0 Å².